The minimum Gasteiger partial charge on any atom is -0.384 e. The zero-order chi connectivity index (χ0) is 17.9. The number of pyridine rings is 1. The van der Waals surface area contributed by atoms with Crippen LogP contribution in [0.1, 0.15) is 6.42 Å². The number of hydrogen-bond acceptors (Lipinski definition) is 6. The number of aromatic nitrogens is 3. The van der Waals surface area contributed by atoms with Gasteiger partial charge in [0.2, 0.25) is 5.82 Å². The van der Waals surface area contributed by atoms with E-state index in [-0.39, 0.29) is 0 Å². The van der Waals surface area contributed by atoms with Gasteiger partial charge in [0.25, 0.3) is 5.89 Å². The van der Waals surface area contributed by atoms with Gasteiger partial charge in [-0.15, -0.1) is 0 Å². The molecule has 1 atom stereocenters. The van der Waals surface area contributed by atoms with E-state index in [1.54, 1.807) is 19.4 Å². The second-order valence-corrected chi connectivity index (χ2v) is 6.83. The summed E-state index contributed by atoms with van der Waals surface area (Å²) >= 11 is 6.02. The third kappa shape index (κ3) is 3.57. The maximum Gasteiger partial charge on any atom is 0.259 e. The molecule has 3 aromatic rings. The van der Waals surface area contributed by atoms with Crippen LogP contribution in [0, 0.1) is 5.92 Å². The highest BCUT2D eigenvalue weighted by Crippen LogP contribution is 2.26. The molecular formula is C19H19ClN4O2. The smallest absolute Gasteiger partial charge is 0.259 e. The summed E-state index contributed by atoms with van der Waals surface area (Å²) in [6, 6.07) is 11.3. The van der Waals surface area contributed by atoms with Gasteiger partial charge in [-0.25, -0.2) is 4.98 Å². The van der Waals surface area contributed by atoms with Crippen LogP contribution in [0.5, 0.6) is 0 Å². The van der Waals surface area contributed by atoms with E-state index in [9.17, 15) is 0 Å². The topological polar surface area (TPSA) is 64.3 Å². The first kappa shape index (κ1) is 17.0. The van der Waals surface area contributed by atoms with Crippen molar-refractivity contribution in [3.8, 4) is 22.8 Å². The average Bonchev–Trinajstić information content (AvgIpc) is 3.32. The summed E-state index contributed by atoms with van der Waals surface area (Å²) in [6.07, 6.45) is 2.90. The van der Waals surface area contributed by atoms with Crippen molar-refractivity contribution in [1.29, 1.82) is 0 Å². The van der Waals surface area contributed by atoms with Crippen LogP contribution in [0.15, 0.2) is 47.1 Å². The van der Waals surface area contributed by atoms with E-state index in [2.05, 4.69) is 20.0 Å². The largest absolute Gasteiger partial charge is 0.384 e. The highest BCUT2D eigenvalue weighted by atomic mass is 35.5. The van der Waals surface area contributed by atoms with Gasteiger partial charge < -0.3 is 14.2 Å². The molecule has 0 saturated carbocycles. The van der Waals surface area contributed by atoms with Gasteiger partial charge in [0, 0.05) is 42.9 Å². The van der Waals surface area contributed by atoms with Gasteiger partial charge in [-0.05, 0) is 30.7 Å². The number of halogens is 1. The number of ether oxygens (including phenoxy) is 1. The molecule has 6 nitrogen and oxygen atoms in total. The zero-order valence-corrected chi connectivity index (χ0v) is 15.2. The predicted octanol–water partition coefficient (Wildman–Crippen LogP) is 3.92. The highest BCUT2D eigenvalue weighted by molar-refractivity contribution is 6.30. The molecule has 1 aromatic carbocycles. The second kappa shape index (κ2) is 7.43. The van der Waals surface area contributed by atoms with E-state index < -0.39 is 0 Å². The summed E-state index contributed by atoms with van der Waals surface area (Å²) in [5.74, 6) is 2.48. The number of anilines is 1. The molecule has 2 aromatic heterocycles. The van der Waals surface area contributed by atoms with Gasteiger partial charge in [0.05, 0.1) is 12.2 Å². The Morgan fingerprint density at radius 3 is 2.96 bits per heavy atom. The number of methoxy groups -OCH3 is 1. The van der Waals surface area contributed by atoms with E-state index >= 15 is 0 Å². The van der Waals surface area contributed by atoms with Crippen molar-refractivity contribution >= 4 is 17.4 Å². The van der Waals surface area contributed by atoms with Crippen LogP contribution in [0.2, 0.25) is 5.02 Å². The van der Waals surface area contributed by atoms with Crippen LogP contribution in [0.3, 0.4) is 0 Å². The summed E-state index contributed by atoms with van der Waals surface area (Å²) in [4.78, 5) is 11.3. The predicted molar refractivity (Wildman–Crippen MR) is 100 cm³/mol. The first-order chi connectivity index (χ1) is 12.7. The molecular weight excluding hydrogens is 352 g/mol. The van der Waals surface area contributed by atoms with Crippen LogP contribution in [0.4, 0.5) is 5.82 Å². The van der Waals surface area contributed by atoms with E-state index in [4.69, 9.17) is 20.9 Å². The van der Waals surface area contributed by atoms with Crippen LogP contribution in [-0.4, -0.2) is 41.9 Å². The summed E-state index contributed by atoms with van der Waals surface area (Å²) in [5.41, 5.74) is 1.61. The van der Waals surface area contributed by atoms with Gasteiger partial charge in [0.15, 0.2) is 0 Å². The molecule has 0 spiro atoms. The normalized spacial score (nSPS) is 17.0. The molecule has 7 heteroatoms. The van der Waals surface area contributed by atoms with E-state index in [0.717, 1.165) is 43.1 Å². The van der Waals surface area contributed by atoms with Crippen molar-refractivity contribution in [3.63, 3.8) is 0 Å². The lowest BCUT2D eigenvalue weighted by atomic mass is 10.1. The molecule has 26 heavy (non-hydrogen) atoms. The lowest BCUT2D eigenvalue weighted by Crippen LogP contribution is -2.21. The first-order valence-electron chi connectivity index (χ1n) is 8.53. The first-order valence-corrected chi connectivity index (χ1v) is 8.90. The zero-order valence-electron chi connectivity index (χ0n) is 14.4. The van der Waals surface area contributed by atoms with Crippen LogP contribution < -0.4 is 4.90 Å². The SMILES string of the molecule is COCC1CCN(c2ccc(-c3nc(-c4cccc(Cl)c4)no3)cn2)C1. The van der Waals surface area contributed by atoms with Crippen molar-refractivity contribution in [2.75, 3.05) is 31.7 Å². The van der Waals surface area contributed by atoms with Crippen molar-refractivity contribution in [1.82, 2.24) is 15.1 Å². The molecule has 134 valence electrons. The highest BCUT2D eigenvalue weighted by Gasteiger charge is 2.23. The maximum absolute atomic E-state index is 6.02. The Kier molecular flexibility index (Phi) is 4.86. The van der Waals surface area contributed by atoms with Gasteiger partial charge in [0.1, 0.15) is 5.82 Å². The minimum atomic E-state index is 0.442. The molecule has 0 amide bonds. The fourth-order valence-electron chi connectivity index (χ4n) is 3.20. The van der Waals surface area contributed by atoms with Gasteiger partial charge in [-0.1, -0.05) is 28.9 Å². The Morgan fingerprint density at radius 1 is 1.27 bits per heavy atom. The minimum absolute atomic E-state index is 0.442. The summed E-state index contributed by atoms with van der Waals surface area (Å²) < 4.78 is 10.6. The fraction of sp³-hybridized carbons (Fsp3) is 0.316. The molecule has 0 N–H and O–H groups in total. The molecule has 1 aliphatic heterocycles. The van der Waals surface area contributed by atoms with Gasteiger partial charge in [-0.2, -0.15) is 4.98 Å². The Labute approximate surface area is 156 Å². The molecule has 0 bridgehead atoms. The fourth-order valence-corrected chi connectivity index (χ4v) is 3.39. The second-order valence-electron chi connectivity index (χ2n) is 6.39. The number of nitrogens with zero attached hydrogens (tertiary/aromatic N) is 4. The summed E-state index contributed by atoms with van der Waals surface area (Å²) in [5, 5.41) is 4.67. The number of benzene rings is 1. The lowest BCUT2D eigenvalue weighted by molar-refractivity contribution is 0.161. The third-order valence-corrected chi connectivity index (χ3v) is 4.75. The van der Waals surface area contributed by atoms with E-state index in [1.807, 2.05) is 30.3 Å². The molecule has 1 aliphatic rings. The number of hydrogen-bond donors (Lipinski definition) is 0. The van der Waals surface area contributed by atoms with Gasteiger partial charge >= 0.3 is 0 Å². The summed E-state index contributed by atoms with van der Waals surface area (Å²) in [6.45, 7) is 2.77. The van der Waals surface area contributed by atoms with Crippen molar-refractivity contribution in [2.45, 2.75) is 6.42 Å². The quantitative estimate of drug-likeness (QED) is 0.678. The Morgan fingerprint density at radius 2 is 2.19 bits per heavy atom. The average molecular weight is 371 g/mol. The lowest BCUT2D eigenvalue weighted by Gasteiger charge is -2.17. The molecule has 0 radical (unpaired) electrons. The standard InChI is InChI=1S/C19H19ClN4O2/c1-25-12-13-7-8-24(11-13)17-6-5-15(10-21-17)19-22-18(23-26-19)14-3-2-4-16(20)9-14/h2-6,9-10,13H,7-8,11-12H2,1H3. The molecule has 1 fully saturated rings. The molecule has 4 rings (SSSR count). The Balaban J connectivity index is 1.49. The third-order valence-electron chi connectivity index (χ3n) is 4.52. The van der Waals surface area contributed by atoms with Gasteiger partial charge in [-0.3, -0.25) is 0 Å². The van der Waals surface area contributed by atoms with E-state index in [1.165, 1.54) is 0 Å². The van der Waals surface area contributed by atoms with Crippen LogP contribution >= 0.6 is 11.6 Å². The maximum atomic E-state index is 6.02. The van der Waals surface area contributed by atoms with Crippen LogP contribution in [-0.2, 0) is 4.74 Å². The van der Waals surface area contributed by atoms with E-state index in [0.29, 0.717) is 22.7 Å². The molecule has 3 heterocycles. The Hall–Kier alpha value is -2.44. The summed E-state index contributed by atoms with van der Waals surface area (Å²) in [7, 11) is 1.75. The monoisotopic (exact) mass is 370 g/mol. The molecule has 1 saturated heterocycles. The molecule has 0 aliphatic carbocycles. The Bertz CT molecular complexity index is 881. The van der Waals surface area contributed by atoms with Crippen molar-refractivity contribution < 1.29 is 9.26 Å². The van der Waals surface area contributed by atoms with Crippen LogP contribution in [0.25, 0.3) is 22.8 Å². The number of rotatable bonds is 5. The van der Waals surface area contributed by atoms with Crippen molar-refractivity contribution in [3.05, 3.63) is 47.6 Å². The molecule has 1 unspecified atom stereocenters. The van der Waals surface area contributed by atoms with Crippen molar-refractivity contribution in [2.24, 2.45) is 5.92 Å².